The Morgan fingerprint density at radius 3 is 1.95 bits per heavy atom. The maximum atomic E-state index is 12.9. The van der Waals surface area contributed by atoms with Crippen molar-refractivity contribution in [3.63, 3.8) is 0 Å². The Kier molecular flexibility index (Phi) is 10.1. The Bertz CT molecular complexity index is 1270. The van der Waals surface area contributed by atoms with Crippen molar-refractivity contribution in [1.29, 1.82) is 0 Å². The molecule has 2 aromatic carbocycles. The molecule has 2 heterocycles. The Hall–Kier alpha value is -3.91. The molecule has 0 unspecified atom stereocenters. The first-order valence-electron chi connectivity index (χ1n) is 13.8. The van der Waals surface area contributed by atoms with Crippen LogP contribution < -0.4 is 9.64 Å². The third-order valence-electron chi connectivity index (χ3n) is 6.78. The Labute approximate surface area is 226 Å². The Morgan fingerprint density at radius 1 is 0.684 bits per heavy atom. The van der Waals surface area contributed by atoms with Crippen molar-refractivity contribution in [2.45, 2.75) is 71.1 Å². The van der Waals surface area contributed by atoms with Gasteiger partial charge in [-0.1, -0.05) is 76.6 Å². The van der Waals surface area contributed by atoms with Gasteiger partial charge in [-0.25, -0.2) is 4.90 Å². The van der Waals surface area contributed by atoms with Gasteiger partial charge in [0.1, 0.15) is 5.75 Å². The van der Waals surface area contributed by atoms with Crippen LogP contribution >= 0.6 is 0 Å². The molecule has 38 heavy (non-hydrogen) atoms. The van der Waals surface area contributed by atoms with E-state index in [1.807, 2.05) is 24.3 Å². The number of unbranched alkanes of at least 4 members (excludes halogenated alkanes) is 9. The van der Waals surface area contributed by atoms with Crippen molar-refractivity contribution >= 4 is 17.5 Å². The number of nitrogens with zero attached hydrogens (tertiary/aromatic N) is 2. The van der Waals surface area contributed by atoms with Crippen LogP contribution in [0.15, 0.2) is 67.0 Å². The number of aromatic nitrogens is 1. The fourth-order valence-corrected chi connectivity index (χ4v) is 4.60. The van der Waals surface area contributed by atoms with Crippen LogP contribution in [-0.2, 0) is 0 Å². The van der Waals surface area contributed by atoms with E-state index in [1.54, 1.807) is 42.7 Å². The minimum Gasteiger partial charge on any atom is -0.494 e. The Balaban J connectivity index is 1.22. The van der Waals surface area contributed by atoms with Crippen LogP contribution in [0.3, 0.4) is 0 Å². The van der Waals surface area contributed by atoms with Crippen LogP contribution in [0.1, 0.15) is 103 Å². The first kappa shape index (κ1) is 27.1. The number of carbonyl (C=O) groups excluding carboxylic acids is 2. The van der Waals surface area contributed by atoms with E-state index in [0.29, 0.717) is 22.4 Å². The first-order valence-corrected chi connectivity index (χ1v) is 13.8. The highest BCUT2D eigenvalue weighted by atomic mass is 16.5. The van der Waals surface area contributed by atoms with E-state index in [4.69, 9.17) is 4.74 Å². The number of benzene rings is 2. The molecule has 5 heteroatoms. The molecule has 0 aliphatic carbocycles. The minimum absolute atomic E-state index is 0.330. The predicted octanol–water partition coefficient (Wildman–Crippen LogP) is 7.58. The van der Waals surface area contributed by atoms with Gasteiger partial charge in [0.05, 0.1) is 23.4 Å². The number of fused-ring (bicyclic) bond motifs is 1. The monoisotopic (exact) mass is 508 g/mol. The summed E-state index contributed by atoms with van der Waals surface area (Å²) in [5, 5.41) is 0. The molecule has 0 fully saturated rings. The van der Waals surface area contributed by atoms with Gasteiger partial charge in [-0.05, 0) is 61.0 Å². The molecule has 1 aliphatic heterocycles. The number of imide groups is 1. The average molecular weight is 509 g/mol. The lowest BCUT2D eigenvalue weighted by molar-refractivity contribution is 0.0926. The third kappa shape index (κ3) is 7.32. The molecule has 0 saturated carbocycles. The molecule has 0 N–H and O–H groups in total. The molecule has 3 aromatic rings. The van der Waals surface area contributed by atoms with E-state index in [2.05, 4.69) is 23.7 Å². The number of hydrogen-bond donors (Lipinski definition) is 0. The summed E-state index contributed by atoms with van der Waals surface area (Å²) in [4.78, 5) is 30.8. The molecule has 0 atom stereocenters. The zero-order valence-corrected chi connectivity index (χ0v) is 22.2. The third-order valence-corrected chi connectivity index (χ3v) is 6.78. The van der Waals surface area contributed by atoms with Gasteiger partial charge in [0.25, 0.3) is 11.8 Å². The summed E-state index contributed by atoms with van der Waals surface area (Å²) < 4.78 is 5.89. The topological polar surface area (TPSA) is 59.5 Å². The van der Waals surface area contributed by atoms with Crippen LogP contribution in [0.5, 0.6) is 5.75 Å². The molecule has 0 bridgehead atoms. The van der Waals surface area contributed by atoms with Crippen LogP contribution in [0, 0.1) is 11.8 Å². The molecule has 1 aliphatic rings. The van der Waals surface area contributed by atoms with Gasteiger partial charge in [-0.2, -0.15) is 0 Å². The molecular formula is C33H36N2O3. The van der Waals surface area contributed by atoms with E-state index in [-0.39, 0.29) is 11.8 Å². The summed E-state index contributed by atoms with van der Waals surface area (Å²) >= 11 is 0. The fourth-order valence-electron chi connectivity index (χ4n) is 4.60. The second-order valence-electron chi connectivity index (χ2n) is 9.72. The fraction of sp³-hybridized carbons (Fsp3) is 0.364. The zero-order chi connectivity index (χ0) is 26.6. The lowest BCUT2D eigenvalue weighted by atomic mass is 10.1. The second-order valence-corrected chi connectivity index (χ2v) is 9.72. The van der Waals surface area contributed by atoms with Gasteiger partial charge >= 0.3 is 0 Å². The standard InChI is InChI=1S/C33H36N2O3/c1-2-3-4-5-6-7-8-9-10-11-24-38-29-17-14-26(15-18-29)12-13-27-16-19-30-31(25-27)33(37)35(32(30)36)28-20-22-34-23-21-28/h14-23,25H,2-11,24H2,1H3. The van der Waals surface area contributed by atoms with Crippen LogP contribution in [0.25, 0.3) is 0 Å². The van der Waals surface area contributed by atoms with Crippen molar-refractivity contribution in [1.82, 2.24) is 4.98 Å². The predicted molar refractivity (Wildman–Crippen MR) is 152 cm³/mol. The molecular weight excluding hydrogens is 472 g/mol. The maximum absolute atomic E-state index is 12.9. The average Bonchev–Trinajstić information content (AvgIpc) is 3.20. The van der Waals surface area contributed by atoms with Crippen LogP contribution in [0.4, 0.5) is 5.69 Å². The first-order chi connectivity index (χ1) is 18.7. The number of hydrogen-bond acceptors (Lipinski definition) is 4. The van der Waals surface area contributed by atoms with Gasteiger partial charge in [-0.3, -0.25) is 14.6 Å². The quantitative estimate of drug-likeness (QED) is 0.136. The molecule has 4 rings (SSSR count). The van der Waals surface area contributed by atoms with E-state index >= 15 is 0 Å². The van der Waals surface area contributed by atoms with E-state index < -0.39 is 0 Å². The summed E-state index contributed by atoms with van der Waals surface area (Å²) in [5.41, 5.74) is 2.81. The highest BCUT2D eigenvalue weighted by Crippen LogP contribution is 2.28. The SMILES string of the molecule is CCCCCCCCCCCCOc1ccc(C#Cc2ccc3c(c2)C(=O)N(c2ccncc2)C3=O)cc1. The normalized spacial score (nSPS) is 12.3. The zero-order valence-electron chi connectivity index (χ0n) is 22.2. The number of ether oxygens (including phenoxy) is 1. The van der Waals surface area contributed by atoms with Gasteiger partial charge in [0.15, 0.2) is 0 Å². The van der Waals surface area contributed by atoms with Crippen molar-refractivity contribution < 1.29 is 14.3 Å². The van der Waals surface area contributed by atoms with Gasteiger partial charge in [-0.15, -0.1) is 0 Å². The largest absolute Gasteiger partial charge is 0.494 e. The van der Waals surface area contributed by atoms with Crippen molar-refractivity contribution in [2.24, 2.45) is 0 Å². The van der Waals surface area contributed by atoms with Crippen LogP contribution in [0.2, 0.25) is 0 Å². The molecule has 196 valence electrons. The maximum Gasteiger partial charge on any atom is 0.266 e. The highest BCUT2D eigenvalue weighted by molar-refractivity contribution is 6.34. The summed E-state index contributed by atoms with van der Waals surface area (Å²) in [6.07, 6.45) is 16.2. The van der Waals surface area contributed by atoms with Crippen LogP contribution in [-0.4, -0.2) is 23.4 Å². The van der Waals surface area contributed by atoms with Gasteiger partial charge < -0.3 is 4.74 Å². The lowest BCUT2D eigenvalue weighted by Crippen LogP contribution is -2.29. The van der Waals surface area contributed by atoms with Gasteiger partial charge in [0, 0.05) is 23.5 Å². The van der Waals surface area contributed by atoms with Crippen molar-refractivity contribution in [3.05, 3.63) is 89.2 Å². The number of carbonyl (C=O) groups is 2. The second kappa shape index (κ2) is 14.1. The number of rotatable bonds is 13. The van der Waals surface area contributed by atoms with Crippen molar-refractivity contribution in [3.8, 4) is 17.6 Å². The smallest absolute Gasteiger partial charge is 0.266 e. The van der Waals surface area contributed by atoms with E-state index in [0.717, 1.165) is 24.3 Å². The number of amides is 2. The lowest BCUT2D eigenvalue weighted by Gasteiger charge is -2.12. The summed E-state index contributed by atoms with van der Waals surface area (Å²) in [7, 11) is 0. The van der Waals surface area contributed by atoms with E-state index in [1.165, 1.54) is 62.7 Å². The molecule has 5 nitrogen and oxygen atoms in total. The Morgan fingerprint density at radius 2 is 1.26 bits per heavy atom. The minimum atomic E-state index is -0.344. The molecule has 0 radical (unpaired) electrons. The molecule has 0 spiro atoms. The number of pyridine rings is 1. The molecule has 2 amide bonds. The summed E-state index contributed by atoms with van der Waals surface area (Å²) in [5.74, 6) is 6.42. The molecule has 0 saturated heterocycles. The number of anilines is 1. The highest BCUT2D eigenvalue weighted by Gasteiger charge is 2.36. The summed E-state index contributed by atoms with van der Waals surface area (Å²) in [6, 6.07) is 16.2. The van der Waals surface area contributed by atoms with Gasteiger partial charge in [0.2, 0.25) is 0 Å². The van der Waals surface area contributed by atoms with Crippen molar-refractivity contribution in [2.75, 3.05) is 11.5 Å². The van der Waals surface area contributed by atoms with E-state index in [9.17, 15) is 9.59 Å². The molecule has 1 aromatic heterocycles. The summed E-state index contributed by atoms with van der Waals surface area (Å²) in [6.45, 7) is 3.00.